The topological polar surface area (TPSA) is 4.93 Å². The first-order chi connectivity index (χ1) is 7.86. The summed E-state index contributed by atoms with van der Waals surface area (Å²) in [6.07, 6.45) is 12.5. The van der Waals surface area contributed by atoms with Crippen molar-refractivity contribution in [1.29, 1.82) is 0 Å². The monoisotopic (exact) mass is 215 g/mol. The molecule has 16 heavy (non-hydrogen) atoms. The van der Waals surface area contributed by atoms with Gasteiger partial charge < -0.3 is 4.57 Å². The van der Waals surface area contributed by atoms with Gasteiger partial charge in [0, 0.05) is 17.4 Å². The van der Waals surface area contributed by atoms with Crippen molar-refractivity contribution in [3.63, 3.8) is 0 Å². The first-order valence-corrected chi connectivity index (χ1v) is 6.74. The van der Waals surface area contributed by atoms with E-state index >= 15 is 0 Å². The summed E-state index contributed by atoms with van der Waals surface area (Å²) in [6, 6.07) is 0.836. The summed E-state index contributed by atoms with van der Waals surface area (Å²) in [4.78, 5) is 0. The van der Waals surface area contributed by atoms with E-state index in [2.05, 4.69) is 30.6 Å². The van der Waals surface area contributed by atoms with Gasteiger partial charge in [0.1, 0.15) is 0 Å². The van der Waals surface area contributed by atoms with Crippen LogP contribution in [-0.2, 0) is 19.3 Å². The Labute approximate surface area is 98.2 Å². The van der Waals surface area contributed by atoms with Gasteiger partial charge in [-0.1, -0.05) is 19.1 Å². The van der Waals surface area contributed by atoms with Gasteiger partial charge in [-0.05, 0) is 56.6 Å². The highest BCUT2D eigenvalue weighted by molar-refractivity contribution is 5.60. The Balaban J connectivity index is 2.22. The van der Waals surface area contributed by atoms with E-state index in [1.54, 1.807) is 22.5 Å². The minimum atomic E-state index is 0.836. The highest BCUT2D eigenvalue weighted by Crippen LogP contribution is 2.42. The lowest BCUT2D eigenvalue weighted by Gasteiger charge is -2.23. The lowest BCUT2D eigenvalue weighted by Crippen LogP contribution is -2.14. The highest BCUT2D eigenvalue weighted by Gasteiger charge is 2.32. The number of hydrogen-bond donors (Lipinski definition) is 0. The van der Waals surface area contributed by atoms with E-state index in [-0.39, 0.29) is 0 Å². The van der Waals surface area contributed by atoms with Crippen LogP contribution < -0.4 is 0 Å². The second-order valence-electron chi connectivity index (χ2n) is 5.09. The maximum Gasteiger partial charge on any atom is 0.0340 e. The molecule has 0 amide bonds. The Kier molecular flexibility index (Phi) is 2.42. The highest BCUT2D eigenvalue weighted by atomic mass is 15.1. The molecule has 2 aliphatic heterocycles. The Morgan fingerprint density at radius 2 is 2.12 bits per heavy atom. The summed E-state index contributed by atoms with van der Waals surface area (Å²) in [5.74, 6) is 0. The van der Waals surface area contributed by atoms with Crippen LogP contribution in [0.15, 0.2) is 6.08 Å². The van der Waals surface area contributed by atoms with Crippen molar-refractivity contribution in [1.82, 2.24) is 4.57 Å². The van der Waals surface area contributed by atoms with Crippen molar-refractivity contribution in [3.8, 4) is 0 Å². The first kappa shape index (κ1) is 10.2. The molecule has 0 radical (unpaired) electrons. The molecule has 0 unspecified atom stereocenters. The summed E-state index contributed by atoms with van der Waals surface area (Å²) in [5, 5.41) is 0. The average Bonchev–Trinajstić information content (AvgIpc) is 2.85. The van der Waals surface area contributed by atoms with Crippen LogP contribution in [0.25, 0.3) is 6.08 Å². The van der Waals surface area contributed by atoms with Gasteiger partial charge in [-0.3, -0.25) is 0 Å². The van der Waals surface area contributed by atoms with E-state index in [0.29, 0.717) is 0 Å². The maximum absolute atomic E-state index is 2.69. The fraction of sp³-hybridized carbons (Fsp3) is 0.600. The second kappa shape index (κ2) is 3.80. The Bertz CT molecular complexity index is 433. The number of rotatable bonds is 2. The van der Waals surface area contributed by atoms with E-state index in [4.69, 9.17) is 0 Å². The minimum absolute atomic E-state index is 0.836. The summed E-state index contributed by atoms with van der Waals surface area (Å²) in [6.45, 7) is 4.44. The molecule has 1 aromatic rings. The number of hydrogen-bond acceptors (Lipinski definition) is 0. The van der Waals surface area contributed by atoms with Crippen molar-refractivity contribution in [3.05, 3.63) is 28.6 Å². The van der Waals surface area contributed by atoms with Crippen LogP contribution in [0.1, 0.15) is 61.7 Å². The van der Waals surface area contributed by atoms with Crippen molar-refractivity contribution >= 4 is 6.08 Å². The molecule has 0 aromatic carbocycles. The van der Waals surface area contributed by atoms with Gasteiger partial charge in [0.2, 0.25) is 0 Å². The van der Waals surface area contributed by atoms with E-state index in [0.717, 1.165) is 6.04 Å². The predicted octanol–water partition coefficient (Wildman–Crippen LogP) is 3.91. The molecule has 0 fully saturated rings. The van der Waals surface area contributed by atoms with E-state index in [1.165, 1.54) is 38.5 Å². The first-order valence-electron chi connectivity index (χ1n) is 6.74. The zero-order valence-corrected chi connectivity index (χ0v) is 10.4. The van der Waals surface area contributed by atoms with Crippen molar-refractivity contribution in [2.45, 2.75) is 58.4 Å². The van der Waals surface area contributed by atoms with Gasteiger partial charge in [-0.15, -0.1) is 0 Å². The standard InChI is InChI=1S/C15H21N/c1-3-6-13-12(4-2)14-8-5-7-11-9-10-15(13)16(11)14/h3,6,11H,4-5,7-10H2,1-2H3/b6-3+/t11-/m1/s1. The van der Waals surface area contributed by atoms with E-state index in [1.807, 2.05) is 0 Å². The normalized spacial score (nSPS) is 23.0. The Hall–Kier alpha value is -0.980. The van der Waals surface area contributed by atoms with Crippen LogP contribution in [0.2, 0.25) is 0 Å². The largest absolute Gasteiger partial charge is 0.345 e. The van der Waals surface area contributed by atoms with Gasteiger partial charge in [0.15, 0.2) is 0 Å². The molecular formula is C15H21N. The smallest absolute Gasteiger partial charge is 0.0340 e. The molecule has 86 valence electrons. The van der Waals surface area contributed by atoms with Gasteiger partial charge in [-0.25, -0.2) is 0 Å². The number of aromatic nitrogens is 1. The summed E-state index contributed by atoms with van der Waals surface area (Å²) in [7, 11) is 0. The lowest BCUT2D eigenvalue weighted by atomic mass is 9.95. The molecule has 0 saturated carbocycles. The van der Waals surface area contributed by atoms with Crippen molar-refractivity contribution in [2.75, 3.05) is 0 Å². The van der Waals surface area contributed by atoms with Crippen LogP contribution in [0.4, 0.5) is 0 Å². The lowest BCUT2D eigenvalue weighted by molar-refractivity contribution is 0.419. The third-order valence-corrected chi connectivity index (χ3v) is 4.28. The molecule has 1 heteroatoms. The molecule has 3 rings (SSSR count). The predicted molar refractivity (Wildman–Crippen MR) is 68.8 cm³/mol. The fourth-order valence-electron chi connectivity index (χ4n) is 3.70. The van der Waals surface area contributed by atoms with Crippen LogP contribution >= 0.6 is 0 Å². The third kappa shape index (κ3) is 1.24. The van der Waals surface area contributed by atoms with Gasteiger partial charge in [0.25, 0.3) is 0 Å². The quantitative estimate of drug-likeness (QED) is 0.705. The van der Waals surface area contributed by atoms with Gasteiger partial charge in [0.05, 0.1) is 0 Å². The van der Waals surface area contributed by atoms with E-state index in [9.17, 15) is 0 Å². The molecule has 1 atom stereocenters. The van der Waals surface area contributed by atoms with Crippen LogP contribution in [0, 0.1) is 0 Å². The molecule has 0 aliphatic carbocycles. The molecule has 2 aliphatic rings. The van der Waals surface area contributed by atoms with Gasteiger partial charge >= 0.3 is 0 Å². The average molecular weight is 215 g/mol. The molecule has 3 heterocycles. The fourth-order valence-corrected chi connectivity index (χ4v) is 3.70. The molecule has 0 N–H and O–H groups in total. The molecule has 0 bridgehead atoms. The SMILES string of the molecule is C/C=C/c1c(CC)c2n3c1CC[C@H]3CCC2. The van der Waals surface area contributed by atoms with Crippen LogP contribution in [-0.4, -0.2) is 4.57 Å². The molecule has 1 aromatic heterocycles. The molecular weight excluding hydrogens is 194 g/mol. The van der Waals surface area contributed by atoms with Crippen molar-refractivity contribution in [2.24, 2.45) is 0 Å². The zero-order chi connectivity index (χ0) is 11.1. The molecule has 0 spiro atoms. The zero-order valence-electron chi connectivity index (χ0n) is 10.4. The summed E-state index contributed by atoms with van der Waals surface area (Å²) in [5.41, 5.74) is 6.50. The summed E-state index contributed by atoms with van der Waals surface area (Å²) >= 11 is 0. The van der Waals surface area contributed by atoms with Crippen molar-refractivity contribution < 1.29 is 0 Å². The Morgan fingerprint density at radius 3 is 2.88 bits per heavy atom. The van der Waals surface area contributed by atoms with Gasteiger partial charge in [-0.2, -0.15) is 0 Å². The van der Waals surface area contributed by atoms with E-state index < -0.39 is 0 Å². The maximum atomic E-state index is 2.69. The van der Waals surface area contributed by atoms with Crippen LogP contribution in [0.5, 0.6) is 0 Å². The molecule has 0 saturated heterocycles. The molecule has 1 nitrogen and oxygen atoms in total. The third-order valence-electron chi connectivity index (χ3n) is 4.28. The number of allylic oxidation sites excluding steroid dienone is 1. The number of nitrogens with zero attached hydrogens (tertiary/aromatic N) is 1. The second-order valence-corrected chi connectivity index (χ2v) is 5.09. The Morgan fingerprint density at radius 1 is 1.25 bits per heavy atom. The summed E-state index contributed by atoms with van der Waals surface area (Å²) < 4.78 is 2.69. The van der Waals surface area contributed by atoms with Crippen LogP contribution in [0.3, 0.4) is 0 Å². The minimum Gasteiger partial charge on any atom is -0.345 e.